The lowest BCUT2D eigenvalue weighted by molar-refractivity contribution is 0.242. The lowest BCUT2D eigenvalue weighted by Gasteiger charge is -2.03. The molecule has 0 aliphatic carbocycles. The highest BCUT2D eigenvalue weighted by molar-refractivity contribution is 7.99. The fourth-order valence-electron chi connectivity index (χ4n) is 1.40. The maximum Gasteiger partial charge on any atom is 0.264 e. The summed E-state index contributed by atoms with van der Waals surface area (Å²) < 4.78 is 10.6. The quantitative estimate of drug-likeness (QED) is 0.820. The first-order valence-corrected chi connectivity index (χ1v) is 7.10. The average molecular weight is 279 g/mol. The van der Waals surface area contributed by atoms with Crippen LogP contribution in [0.15, 0.2) is 28.8 Å². The molecule has 102 valence electrons. The molecule has 0 radical (unpaired) electrons. The summed E-state index contributed by atoms with van der Waals surface area (Å²) in [6, 6.07) is 7.23. The SMILES string of the molecule is CC(C)SCc1noc(COc2cccc(N)c2)n1. The minimum atomic E-state index is 0.253. The Morgan fingerprint density at radius 3 is 3.00 bits per heavy atom. The van der Waals surface area contributed by atoms with Crippen LogP contribution in [-0.2, 0) is 12.4 Å². The number of benzene rings is 1. The number of nitrogens with two attached hydrogens (primary N) is 1. The van der Waals surface area contributed by atoms with Crippen LogP contribution in [0.3, 0.4) is 0 Å². The predicted molar refractivity (Wildman–Crippen MR) is 75.9 cm³/mol. The number of aromatic nitrogens is 2. The zero-order valence-electron chi connectivity index (χ0n) is 11.0. The summed E-state index contributed by atoms with van der Waals surface area (Å²) in [6.07, 6.45) is 0. The average Bonchev–Trinajstić information content (AvgIpc) is 2.82. The zero-order valence-corrected chi connectivity index (χ0v) is 11.8. The summed E-state index contributed by atoms with van der Waals surface area (Å²) in [6.45, 7) is 4.52. The van der Waals surface area contributed by atoms with E-state index in [0.717, 1.165) is 5.75 Å². The monoisotopic (exact) mass is 279 g/mol. The Morgan fingerprint density at radius 2 is 2.26 bits per heavy atom. The van der Waals surface area contributed by atoms with E-state index >= 15 is 0 Å². The first-order valence-electron chi connectivity index (χ1n) is 6.05. The van der Waals surface area contributed by atoms with E-state index in [0.29, 0.717) is 28.4 Å². The molecule has 2 rings (SSSR count). The highest BCUT2D eigenvalue weighted by Gasteiger charge is 2.08. The molecule has 0 aliphatic heterocycles. The van der Waals surface area contributed by atoms with Crippen LogP contribution in [0.2, 0.25) is 0 Å². The Morgan fingerprint density at radius 1 is 1.42 bits per heavy atom. The van der Waals surface area contributed by atoms with Gasteiger partial charge in [0.1, 0.15) is 5.75 Å². The Labute approximate surface area is 116 Å². The lowest BCUT2D eigenvalue weighted by atomic mass is 10.3. The highest BCUT2D eigenvalue weighted by atomic mass is 32.2. The Bertz CT molecular complexity index is 528. The van der Waals surface area contributed by atoms with Crippen LogP contribution < -0.4 is 10.5 Å². The van der Waals surface area contributed by atoms with Gasteiger partial charge < -0.3 is 15.0 Å². The molecule has 1 aromatic heterocycles. The van der Waals surface area contributed by atoms with Crippen molar-refractivity contribution in [1.29, 1.82) is 0 Å². The van der Waals surface area contributed by atoms with E-state index in [1.54, 1.807) is 23.9 Å². The number of hydrogen-bond donors (Lipinski definition) is 1. The maximum absolute atomic E-state index is 5.67. The summed E-state index contributed by atoms with van der Waals surface area (Å²) in [4.78, 5) is 4.26. The Kier molecular flexibility index (Phi) is 4.68. The van der Waals surface area contributed by atoms with E-state index in [1.165, 1.54) is 0 Å². The van der Waals surface area contributed by atoms with Gasteiger partial charge in [-0.15, -0.1) is 0 Å². The van der Waals surface area contributed by atoms with Crippen molar-refractivity contribution >= 4 is 17.4 Å². The molecule has 0 aliphatic rings. The van der Waals surface area contributed by atoms with Crippen LogP contribution in [0.5, 0.6) is 5.75 Å². The number of nitrogen functional groups attached to an aromatic ring is 1. The molecule has 19 heavy (non-hydrogen) atoms. The first kappa shape index (κ1) is 13.7. The van der Waals surface area contributed by atoms with E-state index < -0.39 is 0 Å². The van der Waals surface area contributed by atoms with Crippen molar-refractivity contribution in [2.75, 3.05) is 5.73 Å². The Hall–Kier alpha value is -1.69. The van der Waals surface area contributed by atoms with Crippen molar-refractivity contribution in [1.82, 2.24) is 10.1 Å². The van der Waals surface area contributed by atoms with Gasteiger partial charge >= 0.3 is 0 Å². The number of hydrogen-bond acceptors (Lipinski definition) is 6. The van der Waals surface area contributed by atoms with Gasteiger partial charge in [0.05, 0.1) is 5.75 Å². The molecule has 0 spiro atoms. The molecule has 0 saturated carbocycles. The second-order valence-corrected chi connectivity index (χ2v) is 5.89. The van der Waals surface area contributed by atoms with E-state index in [9.17, 15) is 0 Å². The number of rotatable bonds is 6. The molecular formula is C13H17N3O2S. The van der Waals surface area contributed by atoms with E-state index in [2.05, 4.69) is 24.0 Å². The third-order valence-electron chi connectivity index (χ3n) is 2.28. The van der Waals surface area contributed by atoms with Crippen LogP contribution in [0.1, 0.15) is 25.6 Å². The second-order valence-electron chi connectivity index (χ2n) is 4.33. The molecule has 0 amide bonds. The van der Waals surface area contributed by atoms with Gasteiger partial charge in [0.25, 0.3) is 5.89 Å². The molecule has 1 aromatic carbocycles. The number of ether oxygens (including phenoxy) is 1. The summed E-state index contributed by atoms with van der Waals surface area (Å²) in [7, 11) is 0. The second kappa shape index (κ2) is 6.47. The van der Waals surface area contributed by atoms with Gasteiger partial charge in [0.15, 0.2) is 12.4 Å². The van der Waals surface area contributed by atoms with E-state index in [1.807, 2.05) is 12.1 Å². The van der Waals surface area contributed by atoms with Crippen LogP contribution >= 0.6 is 11.8 Å². The molecule has 2 aromatic rings. The molecular weight excluding hydrogens is 262 g/mol. The van der Waals surface area contributed by atoms with Crippen molar-refractivity contribution in [2.45, 2.75) is 31.5 Å². The van der Waals surface area contributed by atoms with Gasteiger partial charge in [0.2, 0.25) is 0 Å². The summed E-state index contributed by atoms with van der Waals surface area (Å²) in [5, 5.41) is 4.45. The fraction of sp³-hybridized carbons (Fsp3) is 0.385. The highest BCUT2D eigenvalue weighted by Crippen LogP contribution is 2.17. The van der Waals surface area contributed by atoms with Gasteiger partial charge in [-0.1, -0.05) is 25.1 Å². The van der Waals surface area contributed by atoms with Gasteiger partial charge in [-0.3, -0.25) is 0 Å². The topological polar surface area (TPSA) is 74.2 Å². The lowest BCUT2D eigenvalue weighted by Crippen LogP contribution is -1.97. The predicted octanol–water partition coefficient (Wildman–Crippen LogP) is 2.87. The normalized spacial score (nSPS) is 10.9. The van der Waals surface area contributed by atoms with Crippen molar-refractivity contribution in [2.24, 2.45) is 0 Å². The summed E-state index contributed by atoms with van der Waals surface area (Å²) in [5.74, 6) is 2.61. The van der Waals surface area contributed by atoms with Crippen LogP contribution in [0, 0.1) is 0 Å². The minimum Gasteiger partial charge on any atom is -0.484 e. The van der Waals surface area contributed by atoms with E-state index in [-0.39, 0.29) is 6.61 Å². The van der Waals surface area contributed by atoms with E-state index in [4.69, 9.17) is 15.0 Å². The van der Waals surface area contributed by atoms with Crippen molar-refractivity contribution in [3.63, 3.8) is 0 Å². The molecule has 2 N–H and O–H groups in total. The van der Waals surface area contributed by atoms with Crippen molar-refractivity contribution in [3.05, 3.63) is 36.0 Å². The molecule has 0 atom stereocenters. The van der Waals surface area contributed by atoms with Crippen molar-refractivity contribution < 1.29 is 9.26 Å². The summed E-state index contributed by atoms with van der Waals surface area (Å²) in [5.41, 5.74) is 6.33. The van der Waals surface area contributed by atoms with Crippen LogP contribution in [0.25, 0.3) is 0 Å². The standard InChI is InChI=1S/C13H17N3O2S/c1-9(2)19-8-12-15-13(18-16-12)7-17-11-5-3-4-10(14)6-11/h3-6,9H,7-8,14H2,1-2H3. The summed E-state index contributed by atoms with van der Waals surface area (Å²) >= 11 is 1.77. The largest absolute Gasteiger partial charge is 0.484 e. The van der Waals surface area contributed by atoms with Gasteiger partial charge in [0, 0.05) is 11.8 Å². The fourth-order valence-corrected chi connectivity index (χ4v) is 2.00. The molecule has 5 nitrogen and oxygen atoms in total. The molecule has 6 heteroatoms. The van der Waals surface area contributed by atoms with Gasteiger partial charge in [-0.05, 0) is 17.4 Å². The van der Waals surface area contributed by atoms with Gasteiger partial charge in [-0.2, -0.15) is 16.7 Å². The third-order valence-corrected chi connectivity index (χ3v) is 3.37. The number of thioether (sulfide) groups is 1. The van der Waals surface area contributed by atoms with Gasteiger partial charge in [-0.25, -0.2) is 0 Å². The van der Waals surface area contributed by atoms with Crippen molar-refractivity contribution in [3.8, 4) is 5.75 Å². The Balaban J connectivity index is 1.86. The van der Waals surface area contributed by atoms with Crippen LogP contribution in [-0.4, -0.2) is 15.4 Å². The number of nitrogens with zero attached hydrogens (tertiary/aromatic N) is 2. The molecule has 0 unspecified atom stereocenters. The third kappa shape index (κ3) is 4.48. The molecule has 0 bridgehead atoms. The first-order chi connectivity index (χ1) is 9.13. The maximum atomic E-state index is 5.67. The molecule has 1 heterocycles. The molecule has 0 saturated heterocycles. The molecule has 0 fully saturated rings. The number of anilines is 1. The smallest absolute Gasteiger partial charge is 0.264 e. The van der Waals surface area contributed by atoms with Crippen LogP contribution in [0.4, 0.5) is 5.69 Å². The minimum absolute atomic E-state index is 0.253. The zero-order chi connectivity index (χ0) is 13.7.